The molecule has 1 saturated heterocycles. The van der Waals surface area contributed by atoms with E-state index in [1.54, 1.807) is 30.3 Å². The summed E-state index contributed by atoms with van der Waals surface area (Å²) in [7, 11) is -2.08. The maximum atomic E-state index is 13.0. The van der Waals surface area contributed by atoms with Crippen molar-refractivity contribution < 1.29 is 22.7 Å². The molecule has 8 nitrogen and oxygen atoms in total. The van der Waals surface area contributed by atoms with Crippen LogP contribution in [0, 0.1) is 0 Å². The number of rotatable bonds is 6. The van der Waals surface area contributed by atoms with Crippen LogP contribution in [0.1, 0.15) is 31.2 Å². The first kappa shape index (κ1) is 23.5. The number of carbonyl (C=O) groups is 2. The highest BCUT2D eigenvalue weighted by Gasteiger charge is 2.30. The zero-order valence-electron chi connectivity index (χ0n) is 18.3. The summed E-state index contributed by atoms with van der Waals surface area (Å²) in [5, 5.41) is 3.19. The standard InChI is InChI=1S/C23H26ClN3O5S/c1-32-21-10-7-17(24)14-19(21)25-22(28)15-27-20-9-8-18(13-16(20)5-4-6-23(27)29)33(30,31)26-11-2-3-12-26/h7-10,13-14H,2-6,11-12,15H2,1H3,(H,25,28). The van der Waals surface area contributed by atoms with Gasteiger partial charge in [-0.2, -0.15) is 4.31 Å². The van der Waals surface area contributed by atoms with Crippen LogP contribution in [0.15, 0.2) is 41.3 Å². The van der Waals surface area contributed by atoms with Gasteiger partial charge in [0, 0.05) is 30.2 Å². The fourth-order valence-corrected chi connectivity index (χ4v) is 5.99. The molecular weight excluding hydrogens is 466 g/mol. The van der Waals surface area contributed by atoms with E-state index in [9.17, 15) is 18.0 Å². The molecule has 1 N–H and O–H groups in total. The van der Waals surface area contributed by atoms with Crippen LogP contribution in [0.25, 0.3) is 0 Å². The highest BCUT2D eigenvalue weighted by molar-refractivity contribution is 7.89. The van der Waals surface area contributed by atoms with Gasteiger partial charge in [0.2, 0.25) is 21.8 Å². The maximum Gasteiger partial charge on any atom is 0.244 e. The van der Waals surface area contributed by atoms with Crippen LogP contribution in [0.5, 0.6) is 5.75 Å². The van der Waals surface area contributed by atoms with Crippen molar-refractivity contribution in [2.45, 2.75) is 37.0 Å². The molecule has 0 radical (unpaired) electrons. The summed E-state index contributed by atoms with van der Waals surface area (Å²) in [6, 6.07) is 9.67. The molecule has 0 unspecified atom stereocenters. The van der Waals surface area contributed by atoms with E-state index in [4.69, 9.17) is 16.3 Å². The van der Waals surface area contributed by atoms with E-state index in [0.717, 1.165) is 18.4 Å². The molecule has 0 saturated carbocycles. The van der Waals surface area contributed by atoms with Crippen molar-refractivity contribution in [2.24, 2.45) is 0 Å². The minimum absolute atomic E-state index is 0.183. The third-order valence-electron chi connectivity index (χ3n) is 5.92. The highest BCUT2D eigenvalue weighted by atomic mass is 35.5. The first-order chi connectivity index (χ1) is 15.8. The molecule has 1 fully saturated rings. The molecular formula is C23H26ClN3O5S. The molecule has 0 aliphatic carbocycles. The first-order valence-corrected chi connectivity index (χ1v) is 12.7. The van der Waals surface area contributed by atoms with Crippen molar-refractivity contribution in [2.75, 3.05) is 37.0 Å². The maximum absolute atomic E-state index is 13.0. The number of nitrogens with zero attached hydrogens (tertiary/aromatic N) is 2. The Hall–Kier alpha value is -2.62. The van der Waals surface area contributed by atoms with Crippen LogP contribution in [-0.4, -0.2) is 51.3 Å². The zero-order valence-corrected chi connectivity index (χ0v) is 19.9. The number of fused-ring (bicyclic) bond motifs is 1. The topological polar surface area (TPSA) is 96.0 Å². The van der Waals surface area contributed by atoms with Crippen LogP contribution in [0.3, 0.4) is 0 Å². The van der Waals surface area contributed by atoms with Crippen molar-refractivity contribution in [1.29, 1.82) is 0 Å². The lowest BCUT2D eigenvalue weighted by molar-refractivity contribution is -0.121. The predicted molar refractivity (Wildman–Crippen MR) is 126 cm³/mol. The summed E-state index contributed by atoms with van der Waals surface area (Å²) in [5.41, 5.74) is 1.71. The van der Waals surface area contributed by atoms with Crippen molar-refractivity contribution in [3.63, 3.8) is 0 Å². The minimum Gasteiger partial charge on any atom is -0.495 e. The molecule has 2 heterocycles. The Morgan fingerprint density at radius 3 is 2.58 bits per heavy atom. The summed E-state index contributed by atoms with van der Waals surface area (Å²) in [4.78, 5) is 27.3. The normalized spacial score (nSPS) is 16.9. The van der Waals surface area contributed by atoms with E-state index >= 15 is 0 Å². The van der Waals surface area contributed by atoms with Gasteiger partial charge in [0.05, 0.1) is 17.7 Å². The summed E-state index contributed by atoms with van der Waals surface area (Å²) < 4.78 is 32.7. The van der Waals surface area contributed by atoms with E-state index in [2.05, 4.69) is 5.32 Å². The molecule has 176 valence electrons. The Morgan fingerprint density at radius 1 is 1.09 bits per heavy atom. The molecule has 0 atom stereocenters. The number of halogens is 1. The number of aryl methyl sites for hydroxylation is 1. The molecule has 0 bridgehead atoms. The number of benzene rings is 2. The zero-order chi connectivity index (χ0) is 23.6. The third-order valence-corrected chi connectivity index (χ3v) is 8.05. The van der Waals surface area contributed by atoms with Gasteiger partial charge in [0.1, 0.15) is 12.3 Å². The molecule has 0 spiro atoms. The van der Waals surface area contributed by atoms with Crippen molar-refractivity contribution in [1.82, 2.24) is 4.31 Å². The summed E-state index contributed by atoms with van der Waals surface area (Å²) in [6.45, 7) is 0.841. The lowest BCUT2D eigenvalue weighted by Gasteiger charge is -2.24. The van der Waals surface area contributed by atoms with Crippen LogP contribution >= 0.6 is 11.6 Å². The van der Waals surface area contributed by atoms with E-state index in [0.29, 0.717) is 48.1 Å². The van der Waals surface area contributed by atoms with Gasteiger partial charge in [-0.3, -0.25) is 9.59 Å². The molecule has 2 aliphatic heterocycles. The van der Waals surface area contributed by atoms with Crippen molar-refractivity contribution in [3.8, 4) is 5.75 Å². The number of nitrogens with one attached hydrogen (secondary N) is 1. The van der Waals surface area contributed by atoms with Gasteiger partial charge in [-0.1, -0.05) is 11.6 Å². The molecule has 0 aromatic heterocycles. The van der Waals surface area contributed by atoms with Gasteiger partial charge in [0.15, 0.2) is 0 Å². The van der Waals surface area contributed by atoms with Gasteiger partial charge in [0.25, 0.3) is 0 Å². The lowest BCUT2D eigenvalue weighted by Crippen LogP contribution is -2.38. The number of ether oxygens (including phenoxy) is 1. The number of sulfonamides is 1. The second-order valence-electron chi connectivity index (χ2n) is 8.13. The molecule has 2 aromatic rings. The number of anilines is 2. The van der Waals surface area contributed by atoms with Gasteiger partial charge < -0.3 is 15.0 Å². The van der Waals surface area contributed by atoms with Crippen LogP contribution in [0.2, 0.25) is 5.02 Å². The Morgan fingerprint density at radius 2 is 1.85 bits per heavy atom. The quantitative estimate of drug-likeness (QED) is 0.667. The summed E-state index contributed by atoms with van der Waals surface area (Å²) in [6.07, 6.45) is 3.14. The molecule has 10 heteroatoms. The van der Waals surface area contributed by atoms with E-state index in [1.165, 1.54) is 22.4 Å². The van der Waals surface area contributed by atoms with Gasteiger partial charge in [-0.15, -0.1) is 0 Å². The number of methoxy groups -OCH3 is 1. The molecule has 2 aromatic carbocycles. The Bertz CT molecular complexity index is 1180. The first-order valence-electron chi connectivity index (χ1n) is 10.9. The Balaban J connectivity index is 1.59. The molecule has 2 aliphatic rings. The predicted octanol–water partition coefficient (Wildman–Crippen LogP) is 3.44. The number of amides is 2. The fraction of sp³-hybridized carbons (Fsp3) is 0.391. The fourth-order valence-electron chi connectivity index (χ4n) is 4.25. The molecule has 2 amide bonds. The van der Waals surface area contributed by atoms with Crippen LogP contribution in [0.4, 0.5) is 11.4 Å². The van der Waals surface area contributed by atoms with Gasteiger partial charge in [-0.25, -0.2) is 8.42 Å². The van der Waals surface area contributed by atoms with E-state index in [1.807, 2.05) is 0 Å². The van der Waals surface area contributed by atoms with Gasteiger partial charge >= 0.3 is 0 Å². The minimum atomic E-state index is -3.57. The lowest BCUT2D eigenvalue weighted by atomic mass is 10.1. The van der Waals surface area contributed by atoms with Crippen molar-refractivity contribution in [3.05, 3.63) is 47.0 Å². The number of hydrogen-bond acceptors (Lipinski definition) is 5. The highest BCUT2D eigenvalue weighted by Crippen LogP contribution is 2.32. The Kier molecular flexibility index (Phi) is 6.92. The number of hydrogen-bond donors (Lipinski definition) is 1. The van der Waals surface area contributed by atoms with E-state index < -0.39 is 15.9 Å². The SMILES string of the molecule is COc1ccc(Cl)cc1NC(=O)CN1C(=O)CCCc2cc(S(=O)(=O)N3CCCC3)ccc21. The van der Waals surface area contributed by atoms with E-state index in [-0.39, 0.29) is 23.8 Å². The van der Waals surface area contributed by atoms with Gasteiger partial charge in [-0.05, 0) is 67.6 Å². The average Bonchev–Trinajstić information content (AvgIpc) is 3.29. The third kappa shape index (κ3) is 5.00. The summed E-state index contributed by atoms with van der Waals surface area (Å²) in [5.74, 6) is -0.144. The van der Waals surface area contributed by atoms with Crippen LogP contribution < -0.4 is 15.0 Å². The molecule has 33 heavy (non-hydrogen) atoms. The average molecular weight is 492 g/mol. The second-order valence-corrected chi connectivity index (χ2v) is 10.5. The van der Waals surface area contributed by atoms with Crippen molar-refractivity contribution >= 4 is 44.8 Å². The largest absolute Gasteiger partial charge is 0.495 e. The molecule has 4 rings (SSSR count). The second kappa shape index (κ2) is 9.70. The Labute approximate surface area is 198 Å². The summed E-state index contributed by atoms with van der Waals surface area (Å²) >= 11 is 6.04. The smallest absolute Gasteiger partial charge is 0.244 e. The van der Waals surface area contributed by atoms with Crippen LogP contribution in [-0.2, 0) is 26.0 Å². The number of carbonyl (C=O) groups excluding carboxylic acids is 2. The monoisotopic (exact) mass is 491 g/mol.